The highest BCUT2D eigenvalue weighted by Crippen LogP contribution is 2.38. The molecule has 8 heteroatoms. The van der Waals surface area contributed by atoms with Gasteiger partial charge in [0.1, 0.15) is 17.7 Å². The number of nitriles is 1. The molecule has 2 aromatic rings. The molecule has 0 aromatic carbocycles. The molecule has 2 N–H and O–H groups in total. The Balaban J connectivity index is 1.61. The molecule has 2 heterocycles. The molecule has 1 aliphatic carbocycles. The number of nitrogens with zero attached hydrogens (tertiary/aromatic N) is 5. The highest BCUT2D eigenvalue weighted by Gasteiger charge is 2.28. The van der Waals surface area contributed by atoms with Crippen LogP contribution < -0.4 is 5.32 Å². The third-order valence-corrected chi connectivity index (χ3v) is 3.45. The number of hydrogen-bond acceptors (Lipinski definition) is 6. The minimum atomic E-state index is 0.309. The predicted molar refractivity (Wildman–Crippen MR) is 74.6 cm³/mol. The minimum Gasteiger partial charge on any atom is -0.367 e. The Labute approximate surface area is 120 Å². The van der Waals surface area contributed by atoms with E-state index in [0.29, 0.717) is 28.7 Å². The van der Waals surface area contributed by atoms with Gasteiger partial charge in [0.25, 0.3) is 0 Å². The van der Waals surface area contributed by atoms with Gasteiger partial charge in [0.05, 0.1) is 12.4 Å². The van der Waals surface area contributed by atoms with Gasteiger partial charge in [-0.3, -0.25) is 5.10 Å². The second-order valence-electron chi connectivity index (χ2n) is 4.64. The number of anilines is 1. The van der Waals surface area contributed by atoms with Gasteiger partial charge in [0, 0.05) is 19.0 Å². The molecule has 1 fully saturated rings. The van der Waals surface area contributed by atoms with E-state index in [1.54, 1.807) is 6.20 Å². The molecular formula is C12H13N7S. The van der Waals surface area contributed by atoms with E-state index >= 15 is 0 Å². The first-order valence-electron chi connectivity index (χ1n) is 6.39. The van der Waals surface area contributed by atoms with Gasteiger partial charge >= 0.3 is 0 Å². The summed E-state index contributed by atoms with van der Waals surface area (Å²) in [6.07, 6.45) is 5.37. The Hall–Kier alpha value is -2.27. The van der Waals surface area contributed by atoms with Crippen molar-refractivity contribution >= 4 is 18.0 Å². The monoisotopic (exact) mass is 287 g/mol. The summed E-state index contributed by atoms with van der Waals surface area (Å²) in [5, 5.41) is 18.9. The maximum atomic E-state index is 8.65. The average molecular weight is 287 g/mol. The van der Waals surface area contributed by atoms with Crippen LogP contribution in [0.4, 0.5) is 5.82 Å². The van der Waals surface area contributed by atoms with Crippen LogP contribution in [0.5, 0.6) is 0 Å². The first kappa shape index (κ1) is 12.7. The van der Waals surface area contributed by atoms with Crippen molar-refractivity contribution in [1.29, 1.82) is 5.26 Å². The number of aromatic amines is 1. The van der Waals surface area contributed by atoms with E-state index in [9.17, 15) is 0 Å². The van der Waals surface area contributed by atoms with Crippen LogP contribution in [0, 0.1) is 16.1 Å². The smallest absolute Gasteiger partial charge is 0.195 e. The normalized spacial score (nSPS) is 13.9. The molecule has 102 valence electrons. The lowest BCUT2D eigenvalue weighted by molar-refractivity contribution is 0.668. The van der Waals surface area contributed by atoms with Gasteiger partial charge in [-0.1, -0.05) is 0 Å². The zero-order valence-corrected chi connectivity index (χ0v) is 11.5. The molecule has 0 atom stereocenters. The van der Waals surface area contributed by atoms with Gasteiger partial charge in [-0.2, -0.15) is 10.4 Å². The highest BCUT2D eigenvalue weighted by molar-refractivity contribution is 7.71. The zero-order chi connectivity index (χ0) is 13.9. The molecule has 0 radical (unpaired) electrons. The summed E-state index contributed by atoms with van der Waals surface area (Å²) >= 11 is 5.24. The van der Waals surface area contributed by atoms with E-state index in [1.165, 1.54) is 19.0 Å². The molecule has 7 nitrogen and oxygen atoms in total. The topological polar surface area (TPSA) is 95.2 Å². The lowest BCUT2D eigenvalue weighted by Gasteiger charge is -2.07. The number of hydrogen-bond donors (Lipinski definition) is 2. The lowest BCUT2D eigenvalue weighted by atomic mass is 10.4. The first-order valence-corrected chi connectivity index (χ1v) is 6.80. The maximum absolute atomic E-state index is 8.65. The van der Waals surface area contributed by atoms with Gasteiger partial charge in [-0.15, -0.1) is 0 Å². The van der Waals surface area contributed by atoms with Crippen LogP contribution >= 0.6 is 12.2 Å². The van der Waals surface area contributed by atoms with Gasteiger partial charge < -0.3 is 9.88 Å². The van der Waals surface area contributed by atoms with E-state index < -0.39 is 0 Å². The summed E-state index contributed by atoms with van der Waals surface area (Å²) in [5.74, 6) is 2.24. The number of rotatable bonds is 5. The number of aromatic nitrogens is 5. The Morgan fingerprint density at radius 3 is 2.95 bits per heavy atom. The Kier molecular flexibility index (Phi) is 3.43. The van der Waals surface area contributed by atoms with E-state index in [4.69, 9.17) is 17.5 Å². The van der Waals surface area contributed by atoms with Crippen molar-refractivity contribution in [3.63, 3.8) is 0 Å². The van der Waals surface area contributed by atoms with Crippen LogP contribution in [0.25, 0.3) is 0 Å². The van der Waals surface area contributed by atoms with E-state index in [-0.39, 0.29) is 0 Å². The standard InChI is InChI=1S/C12H13N7S/c13-5-9-6-16-10(7-15-9)14-3-4-19-11(8-1-2-8)17-18-12(19)20/h6-8H,1-4H2,(H,14,16)(H,18,20). The third-order valence-electron chi connectivity index (χ3n) is 3.14. The van der Waals surface area contributed by atoms with Crippen LogP contribution in [-0.2, 0) is 6.54 Å². The molecule has 0 spiro atoms. The Morgan fingerprint density at radius 1 is 1.45 bits per heavy atom. The fourth-order valence-electron chi connectivity index (χ4n) is 1.97. The van der Waals surface area contributed by atoms with Crippen LogP contribution in [0.3, 0.4) is 0 Å². The SMILES string of the molecule is N#Cc1cnc(NCCn2c(C3CC3)n[nH]c2=S)cn1. The van der Waals surface area contributed by atoms with Crippen molar-refractivity contribution in [3.05, 3.63) is 28.7 Å². The maximum Gasteiger partial charge on any atom is 0.195 e. The molecule has 1 saturated carbocycles. The Bertz CT molecular complexity index is 690. The highest BCUT2D eigenvalue weighted by atomic mass is 32.1. The molecule has 0 amide bonds. The lowest BCUT2D eigenvalue weighted by Crippen LogP contribution is -2.13. The molecule has 20 heavy (non-hydrogen) atoms. The fraction of sp³-hybridized carbons (Fsp3) is 0.417. The van der Waals surface area contributed by atoms with E-state index in [1.807, 2.05) is 10.6 Å². The third kappa shape index (κ3) is 2.67. The van der Waals surface area contributed by atoms with Crippen molar-refractivity contribution in [2.24, 2.45) is 0 Å². The van der Waals surface area contributed by atoms with Crippen LogP contribution in [0.15, 0.2) is 12.4 Å². The molecule has 2 aromatic heterocycles. The quantitative estimate of drug-likeness (QED) is 0.811. The van der Waals surface area contributed by atoms with Crippen LogP contribution in [-0.4, -0.2) is 31.3 Å². The molecule has 0 bridgehead atoms. The zero-order valence-electron chi connectivity index (χ0n) is 10.7. The van der Waals surface area contributed by atoms with Crippen molar-refractivity contribution < 1.29 is 0 Å². The Morgan fingerprint density at radius 2 is 2.30 bits per heavy atom. The number of H-pyrrole nitrogens is 1. The van der Waals surface area contributed by atoms with Crippen molar-refractivity contribution in [2.45, 2.75) is 25.3 Å². The summed E-state index contributed by atoms with van der Waals surface area (Å²) in [4.78, 5) is 8.06. The van der Waals surface area contributed by atoms with Crippen LogP contribution in [0.1, 0.15) is 30.3 Å². The molecule has 0 aliphatic heterocycles. The van der Waals surface area contributed by atoms with E-state index in [0.717, 1.165) is 12.4 Å². The van der Waals surface area contributed by atoms with E-state index in [2.05, 4.69) is 25.5 Å². The summed E-state index contributed by atoms with van der Waals surface area (Å²) in [5.41, 5.74) is 0.309. The van der Waals surface area contributed by atoms with Gasteiger partial charge in [0.2, 0.25) is 0 Å². The number of nitrogens with one attached hydrogen (secondary N) is 2. The minimum absolute atomic E-state index is 0.309. The fourth-order valence-corrected chi connectivity index (χ4v) is 2.20. The van der Waals surface area contributed by atoms with Gasteiger partial charge in [0.15, 0.2) is 10.5 Å². The van der Waals surface area contributed by atoms with Crippen LogP contribution in [0.2, 0.25) is 0 Å². The average Bonchev–Trinajstić information content (AvgIpc) is 3.25. The van der Waals surface area contributed by atoms with Crippen molar-refractivity contribution in [2.75, 3.05) is 11.9 Å². The second kappa shape index (κ2) is 5.38. The largest absolute Gasteiger partial charge is 0.367 e. The molecule has 3 rings (SSSR count). The predicted octanol–water partition coefficient (Wildman–Crippen LogP) is 1.59. The molecular weight excluding hydrogens is 274 g/mol. The second-order valence-corrected chi connectivity index (χ2v) is 5.03. The van der Waals surface area contributed by atoms with Crippen molar-refractivity contribution in [1.82, 2.24) is 24.7 Å². The molecule has 0 unspecified atom stereocenters. The summed E-state index contributed by atoms with van der Waals surface area (Å²) in [6, 6.07) is 1.94. The van der Waals surface area contributed by atoms with Gasteiger partial charge in [-0.05, 0) is 25.1 Å². The first-order chi connectivity index (χ1) is 9.78. The summed E-state index contributed by atoms with van der Waals surface area (Å²) in [6.45, 7) is 1.40. The van der Waals surface area contributed by atoms with Gasteiger partial charge in [-0.25, -0.2) is 9.97 Å². The van der Waals surface area contributed by atoms with Crippen molar-refractivity contribution in [3.8, 4) is 6.07 Å². The molecule has 1 aliphatic rings. The summed E-state index contributed by atoms with van der Waals surface area (Å²) < 4.78 is 2.68. The summed E-state index contributed by atoms with van der Waals surface area (Å²) in [7, 11) is 0. The molecule has 0 saturated heterocycles.